The van der Waals surface area contributed by atoms with Crippen molar-refractivity contribution in [1.82, 2.24) is 10.2 Å². The summed E-state index contributed by atoms with van der Waals surface area (Å²) in [7, 11) is 0. The first-order chi connectivity index (χ1) is 11.4. The maximum absolute atomic E-state index is 12.3. The smallest absolute Gasteiger partial charge is 0.293 e. The second kappa shape index (κ2) is 6.52. The van der Waals surface area contributed by atoms with E-state index in [0.29, 0.717) is 22.0 Å². The summed E-state index contributed by atoms with van der Waals surface area (Å²) in [5.41, 5.74) is 1.09. The molecule has 2 aromatic heterocycles. The van der Waals surface area contributed by atoms with Gasteiger partial charge in [-0.1, -0.05) is 31.3 Å². The van der Waals surface area contributed by atoms with E-state index in [0.717, 1.165) is 17.0 Å². The quantitative estimate of drug-likeness (QED) is 0.785. The highest BCUT2D eigenvalue weighted by Crippen LogP contribution is 2.20. The van der Waals surface area contributed by atoms with Gasteiger partial charge in [-0.15, -0.1) is 10.2 Å². The summed E-state index contributed by atoms with van der Waals surface area (Å²) in [4.78, 5) is 24.4. The monoisotopic (exact) mass is 343 g/mol. The third-order valence-electron chi connectivity index (χ3n) is 3.38. The van der Waals surface area contributed by atoms with E-state index in [1.54, 1.807) is 12.1 Å². The zero-order valence-corrected chi connectivity index (χ0v) is 14.4. The predicted molar refractivity (Wildman–Crippen MR) is 93.6 cm³/mol. The number of fused-ring (bicyclic) bond motifs is 1. The second-order valence-electron chi connectivity index (χ2n) is 6.03. The molecule has 24 heavy (non-hydrogen) atoms. The van der Waals surface area contributed by atoms with Crippen LogP contribution in [0.4, 0.5) is 5.13 Å². The molecule has 0 saturated heterocycles. The molecule has 0 saturated carbocycles. The Morgan fingerprint density at radius 2 is 2.08 bits per heavy atom. The number of nitrogens with one attached hydrogen (secondary N) is 1. The third kappa shape index (κ3) is 3.51. The SMILES string of the molecule is Cc1ccc2c(=O)cc(C(=O)Nc3nnc(CC(C)C)s3)oc2c1. The number of rotatable bonds is 4. The first-order valence-corrected chi connectivity index (χ1v) is 8.42. The fourth-order valence-corrected chi connectivity index (χ4v) is 3.22. The summed E-state index contributed by atoms with van der Waals surface area (Å²) in [6.45, 7) is 6.07. The van der Waals surface area contributed by atoms with Gasteiger partial charge in [0.05, 0.1) is 5.39 Å². The van der Waals surface area contributed by atoms with Crippen LogP contribution in [0.1, 0.15) is 35.0 Å². The molecular formula is C17H17N3O3S. The van der Waals surface area contributed by atoms with Crippen molar-refractivity contribution in [2.24, 2.45) is 5.92 Å². The van der Waals surface area contributed by atoms with Crippen LogP contribution in [0.3, 0.4) is 0 Å². The predicted octanol–water partition coefficient (Wildman–Crippen LogP) is 3.40. The van der Waals surface area contributed by atoms with E-state index in [1.807, 2.05) is 13.0 Å². The summed E-state index contributed by atoms with van der Waals surface area (Å²) in [6.07, 6.45) is 0.803. The molecule has 124 valence electrons. The van der Waals surface area contributed by atoms with Crippen LogP contribution in [0.25, 0.3) is 11.0 Å². The van der Waals surface area contributed by atoms with Crippen LogP contribution in [0.15, 0.2) is 33.5 Å². The van der Waals surface area contributed by atoms with Crippen LogP contribution >= 0.6 is 11.3 Å². The summed E-state index contributed by atoms with van der Waals surface area (Å²) in [5.74, 6) is -0.0929. The van der Waals surface area contributed by atoms with Gasteiger partial charge in [0.15, 0.2) is 11.2 Å². The second-order valence-corrected chi connectivity index (χ2v) is 7.09. The van der Waals surface area contributed by atoms with Gasteiger partial charge in [-0.25, -0.2) is 0 Å². The van der Waals surface area contributed by atoms with E-state index in [-0.39, 0.29) is 11.2 Å². The Balaban J connectivity index is 1.86. The number of hydrogen-bond acceptors (Lipinski definition) is 6. The van der Waals surface area contributed by atoms with Crippen LogP contribution in [0.2, 0.25) is 0 Å². The molecule has 2 heterocycles. The molecule has 1 N–H and O–H groups in total. The average Bonchev–Trinajstić information content (AvgIpc) is 2.92. The highest BCUT2D eigenvalue weighted by Gasteiger charge is 2.15. The van der Waals surface area contributed by atoms with Crippen molar-refractivity contribution >= 4 is 33.3 Å². The fraction of sp³-hybridized carbons (Fsp3) is 0.294. The maximum Gasteiger partial charge on any atom is 0.293 e. The molecule has 0 aliphatic carbocycles. The Labute approximate surface area is 142 Å². The van der Waals surface area contributed by atoms with Crippen molar-refractivity contribution < 1.29 is 9.21 Å². The van der Waals surface area contributed by atoms with Gasteiger partial charge in [0.25, 0.3) is 5.91 Å². The van der Waals surface area contributed by atoms with E-state index < -0.39 is 5.91 Å². The molecule has 0 fully saturated rings. The number of aromatic nitrogens is 2. The Morgan fingerprint density at radius 3 is 2.83 bits per heavy atom. The zero-order valence-electron chi connectivity index (χ0n) is 13.6. The van der Waals surface area contributed by atoms with Gasteiger partial charge in [0.1, 0.15) is 10.6 Å². The molecule has 7 heteroatoms. The van der Waals surface area contributed by atoms with Crippen LogP contribution in [0.5, 0.6) is 0 Å². The Kier molecular flexibility index (Phi) is 4.44. The van der Waals surface area contributed by atoms with Crippen molar-refractivity contribution in [3.63, 3.8) is 0 Å². The van der Waals surface area contributed by atoms with Crippen molar-refractivity contribution in [3.8, 4) is 0 Å². The lowest BCUT2D eigenvalue weighted by atomic mass is 10.1. The molecule has 0 spiro atoms. The normalized spacial score (nSPS) is 11.2. The Bertz CT molecular complexity index is 959. The topological polar surface area (TPSA) is 85.1 Å². The number of nitrogens with zero attached hydrogens (tertiary/aromatic N) is 2. The molecule has 0 aliphatic rings. The Hall–Kier alpha value is -2.54. The summed E-state index contributed by atoms with van der Waals surface area (Å²) < 4.78 is 5.57. The van der Waals surface area contributed by atoms with E-state index in [4.69, 9.17) is 4.42 Å². The molecule has 1 amide bonds. The van der Waals surface area contributed by atoms with Gasteiger partial charge in [-0.3, -0.25) is 14.9 Å². The first kappa shape index (κ1) is 16.3. The number of aryl methyl sites for hydroxylation is 1. The zero-order chi connectivity index (χ0) is 17.3. The van der Waals surface area contributed by atoms with Crippen molar-refractivity contribution in [2.75, 3.05) is 5.32 Å². The highest BCUT2D eigenvalue weighted by molar-refractivity contribution is 7.15. The lowest BCUT2D eigenvalue weighted by Crippen LogP contribution is -2.14. The molecule has 0 bridgehead atoms. The van der Waals surface area contributed by atoms with E-state index in [2.05, 4.69) is 29.4 Å². The largest absolute Gasteiger partial charge is 0.451 e. The van der Waals surface area contributed by atoms with Crippen molar-refractivity contribution in [1.29, 1.82) is 0 Å². The average molecular weight is 343 g/mol. The number of anilines is 1. The Morgan fingerprint density at radius 1 is 1.29 bits per heavy atom. The van der Waals surface area contributed by atoms with E-state index >= 15 is 0 Å². The third-order valence-corrected chi connectivity index (χ3v) is 4.24. The van der Waals surface area contributed by atoms with Crippen LogP contribution in [-0.4, -0.2) is 16.1 Å². The van der Waals surface area contributed by atoms with Crippen molar-refractivity contribution in [3.05, 3.63) is 50.8 Å². The van der Waals surface area contributed by atoms with Crippen LogP contribution < -0.4 is 10.7 Å². The lowest BCUT2D eigenvalue weighted by molar-refractivity contribution is 0.0997. The van der Waals surface area contributed by atoms with Gasteiger partial charge >= 0.3 is 0 Å². The molecule has 0 unspecified atom stereocenters. The van der Waals surface area contributed by atoms with Gasteiger partial charge in [-0.05, 0) is 30.5 Å². The number of benzene rings is 1. The number of hydrogen-bond donors (Lipinski definition) is 1. The number of amides is 1. The summed E-state index contributed by atoms with van der Waals surface area (Å²) in [6, 6.07) is 6.46. The molecule has 0 radical (unpaired) electrons. The van der Waals surface area contributed by atoms with Gasteiger partial charge in [-0.2, -0.15) is 0 Å². The molecule has 3 aromatic rings. The molecule has 6 nitrogen and oxygen atoms in total. The van der Waals surface area contributed by atoms with Crippen molar-refractivity contribution in [2.45, 2.75) is 27.2 Å². The minimum absolute atomic E-state index is 0.0429. The minimum Gasteiger partial charge on any atom is -0.451 e. The van der Waals surface area contributed by atoms with E-state index in [1.165, 1.54) is 17.4 Å². The standard InChI is InChI=1S/C17H17N3O3S/c1-9(2)6-15-19-20-17(24-15)18-16(22)14-8-12(21)11-5-4-10(3)7-13(11)23-14/h4-5,7-9H,6H2,1-3H3,(H,18,20,22). The lowest BCUT2D eigenvalue weighted by Gasteiger charge is -2.03. The molecule has 0 atom stereocenters. The van der Waals surface area contributed by atoms with Crippen LogP contribution in [-0.2, 0) is 6.42 Å². The van der Waals surface area contributed by atoms with Crippen LogP contribution in [0, 0.1) is 12.8 Å². The maximum atomic E-state index is 12.3. The highest BCUT2D eigenvalue weighted by atomic mass is 32.1. The number of carbonyl (C=O) groups excluding carboxylic acids is 1. The minimum atomic E-state index is -0.511. The van der Waals surface area contributed by atoms with Gasteiger partial charge in [0.2, 0.25) is 5.13 Å². The van der Waals surface area contributed by atoms with Gasteiger partial charge in [0, 0.05) is 12.5 Å². The fourth-order valence-electron chi connectivity index (χ4n) is 2.27. The van der Waals surface area contributed by atoms with Gasteiger partial charge < -0.3 is 4.42 Å². The number of carbonyl (C=O) groups is 1. The summed E-state index contributed by atoms with van der Waals surface area (Å²) in [5, 5.41) is 12.3. The van der Waals surface area contributed by atoms with E-state index in [9.17, 15) is 9.59 Å². The molecule has 0 aliphatic heterocycles. The summed E-state index contributed by atoms with van der Waals surface area (Å²) >= 11 is 1.32. The molecular weight excluding hydrogens is 326 g/mol. The first-order valence-electron chi connectivity index (χ1n) is 7.60. The molecule has 1 aromatic carbocycles. The molecule has 3 rings (SSSR count).